The number of rotatable bonds is 12. The van der Waals surface area contributed by atoms with E-state index in [2.05, 4.69) is 282 Å². The molecule has 0 aliphatic carbocycles. The summed E-state index contributed by atoms with van der Waals surface area (Å²) in [6.45, 7) is 0. The summed E-state index contributed by atoms with van der Waals surface area (Å²) < 4.78 is 13.5. The first-order valence-corrected chi connectivity index (χ1v) is 38.4. The van der Waals surface area contributed by atoms with Crippen LogP contribution in [-0.4, -0.2) is 39.0 Å². The highest BCUT2D eigenvalue weighted by molar-refractivity contribution is 7.26. The fraction of sp³-hybridized carbons (Fsp3) is 0. The lowest BCUT2D eigenvalue weighted by atomic mass is 9.98. The van der Waals surface area contributed by atoms with Crippen LogP contribution in [0.25, 0.3) is 210 Å². The minimum atomic E-state index is 0.602. The molecule has 0 N–H and O–H groups in total. The van der Waals surface area contributed by atoms with Crippen molar-refractivity contribution in [1.29, 1.82) is 0 Å². The Bertz CT molecular complexity index is 7250. The van der Waals surface area contributed by atoms with Crippen LogP contribution in [0.1, 0.15) is 0 Å². The predicted octanol–water partition coefficient (Wildman–Crippen LogP) is 26.9. The molecule has 9 nitrogen and oxygen atoms in total. The Morgan fingerprint density at radius 1 is 0.196 bits per heavy atom. The standard InChI is InChI=1S/C51H32N4O.C51H32N4S/c1-4-14-33(15-5-1)36-25-28-45(43(31-36)51-53-49(34-16-6-2-7-17-34)52-50(54-51)35-18-8-3-9-19-35)55-44-22-12-10-20-39(44)40-27-24-38(32-46(40)55)37-26-29-48-42(30-37)41-21-11-13-23-47(41)56-48;1-4-15-33(16-5-1)36-28-30-44(42(31-36)51-53-49(34-17-6-2-7-18-34)52-50(54-51)35-19-8-3-9-20-35)55-43-24-12-10-21-39(43)40-29-27-37(32-45(40)55)38-23-14-26-47-48(38)41-22-11-13-25-46(41)56-47/h2*1-32H. The summed E-state index contributed by atoms with van der Waals surface area (Å²) in [6, 6.07) is 136. The van der Waals surface area contributed by atoms with Gasteiger partial charge in [-0.05, 0) is 123 Å². The SMILES string of the molecule is c1ccc(-c2ccc(-n3c4ccccc4c4ccc(-c5ccc6oc7ccccc7c6c5)cc43)c(-c3nc(-c4ccccc4)nc(-c4ccccc4)n3)c2)cc1.c1ccc(-c2ccc(-n3c4ccccc4c4ccc(-c5cccc6sc7ccccc7c56)cc43)c(-c3nc(-c4ccccc4)nc(-c4ccccc4)n3)c2)cc1. The average molecular weight is 1450 g/mol. The van der Waals surface area contributed by atoms with Crippen molar-refractivity contribution in [3.63, 3.8) is 0 Å². The molecule has 6 aromatic heterocycles. The van der Waals surface area contributed by atoms with Gasteiger partial charge in [0.25, 0.3) is 0 Å². The monoisotopic (exact) mass is 1450 g/mol. The van der Waals surface area contributed by atoms with E-state index in [1.807, 2.05) is 127 Å². The Kier molecular flexibility index (Phi) is 16.2. The van der Waals surface area contributed by atoms with E-state index in [0.717, 1.165) is 122 Å². The molecule has 0 fully saturated rings. The Balaban J connectivity index is 0.000000141. The quantitative estimate of drug-likeness (QED) is 0.120. The van der Waals surface area contributed by atoms with Crippen LogP contribution in [0.2, 0.25) is 0 Å². The summed E-state index contributed by atoms with van der Waals surface area (Å²) >= 11 is 1.85. The van der Waals surface area contributed by atoms with Crippen molar-refractivity contribution in [1.82, 2.24) is 39.0 Å². The van der Waals surface area contributed by atoms with Crippen molar-refractivity contribution < 1.29 is 4.42 Å². The average Bonchev–Trinajstić information content (AvgIpc) is 1.55. The normalized spacial score (nSPS) is 11.6. The first-order valence-electron chi connectivity index (χ1n) is 37.5. The minimum absolute atomic E-state index is 0.602. The molecular formula is C102H64N8OS. The summed E-state index contributed by atoms with van der Waals surface area (Å²) in [6.07, 6.45) is 0. The van der Waals surface area contributed by atoms with Crippen LogP contribution in [0.5, 0.6) is 0 Å². The largest absolute Gasteiger partial charge is 0.456 e. The zero-order valence-electron chi connectivity index (χ0n) is 60.3. The molecular weight excluding hydrogens is 1390 g/mol. The van der Waals surface area contributed by atoms with Gasteiger partial charge in [-0.1, -0.05) is 309 Å². The van der Waals surface area contributed by atoms with Crippen molar-refractivity contribution in [3.05, 3.63) is 388 Å². The van der Waals surface area contributed by atoms with Gasteiger partial charge in [0, 0.05) is 85.9 Å². The summed E-state index contributed by atoms with van der Waals surface area (Å²) in [7, 11) is 0. The molecule has 0 aliphatic rings. The molecule has 22 rings (SSSR count). The first-order chi connectivity index (χ1) is 55.5. The number of aromatic nitrogens is 8. The van der Waals surface area contributed by atoms with Crippen molar-refractivity contribution in [2.45, 2.75) is 0 Å². The minimum Gasteiger partial charge on any atom is -0.456 e. The second kappa shape index (κ2) is 27.7. The third-order valence-electron chi connectivity index (χ3n) is 21.3. The van der Waals surface area contributed by atoms with Crippen molar-refractivity contribution in [2.75, 3.05) is 0 Å². The predicted molar refractivity (Wildman–Crippen MR) is 463 cm³/mol. The van der Waals surface area contributed by atoms with E-state index < -0.39 is 0 Å². The molecule has 0 aliphatic heterocycles. The molecule has 0 spiro atoms. The van der Waals surface area contributed by atoms with Crippen LogP contribution in [0.15, 0.2) is 393 Å². The van der Waals surface area contributed by atoms with Gasteiger partial charge in [-0.15, -0.1) is 11.3 Å². The maximum atomic E-state index is 6.18. The lowest BCUT2D eigenvalue weighted by Crippen LogP contribution is -2.04. The van der Waals surface area contributed by atoms with E-state index in [4.69, 9.17) is 34.3 Å². The molecule has 0 saturated carbocycles. The molecule has 112 heavy (non-hydrogen) atoms. The Hall–Kier alpha value is -14.8. The van der Waals surface area contributed by atoms with Gasteiger partial charge in [-0.2, -0.15) is 0 Å². The molecule has 22 aromatic rings. The van der Waals surface area contributed by atoms with Crippen LogP contribution in [0.4, 0.5) is 0 Å². The highest BCUT2D eigenvalue weighted by Crippen LogP contribution is 2.46. The molecule has 0 unspecified atom stereocenters. The Labute approximate surface area is 648 Å². The maximum absolute atomic E-state index is 6.18. The molecule has 0 amide bonds. The van der Waals surface area contributed by atoms with E-state index in [-0.39, 0.29) is 0 Å². The van der Waals surface area contributed by atoms with Gasteiger partial charge < -0.3 is 13.6 Å². The maximum Gasteiger partial charge on any atom is 0.166 e. The number of benzene rings is 16. The summed E-state index contributed by atoms with van der Waals surface area (Å²) in [5.41, 5.74) is 22.8. The molecule has 0 bridgehead atoms. The van der Waals surface area contributed by atoms with Gasteiger partial charge in [0.2, 0.25) is 0 Å². The molecule has 524 valence electrons. The number of furan rings is 1. The van der Waals surface area contributed by atoms with Gasteiger partial charge in [0.15, 0.2) is 34.9 Å². The lowest BCUT2D eigenvalue weighted by molar-refractivity contribution is 0.669. The van der Waals surface area contributed by atoms with Crippen LogP contribution in [-0.2, 0) is 0 Å². The number of thiophene rings is 1. The molecule has 10 heteroatoms. The first kappa shape index (κ1) is 65.5. The summed E-state index contributed by atoms with van der Waals surface area (Å²) in [5, 5.41) is 9.54. The van der Waals surface area contributed by atoms with Gasteiger partial charge in [0.05, 0.1) is 33.4 Å². The third kappa shape index (κ3) is 11.7. The summed E-state index contributed by atoms with van der Waals surface area (Å²) in [5.74, 6) is 3.72. The van der Waals surface area contributed by atoms with Crippen molar-refractivity contribution >= 4 is 97.1 Å². The van der Waals surface area contributed by atoms with E-state index in [0.29, 0.717) is 34.9 Å². The molecule has 0 atom stereocenters. The highest BCUT2D eigenvalue weighted by atomic mass is 32.1. The van der Waals surface area contributed by atoms with Gasteiger partial charge in [-0.3, -0.25) is 0 Å². The molecule has 6 heterocycles. The van der Waals surface area contributed by atoms with Gasteiger partial charge >= 0.3 is 0 Å². The van der Waals surface area contributed by atoms with E-state index in [1.54, 1.807) is 0 Å². The Morgan fingerprint density at radius 2 is 0.545 bits per heavy atom. The smallest absolute Gasteiger partial charge is 0.166 e. The number of para-hydroxylation sites is 3. The van der Waals surface area contributed by atoms with E-state index >= 15 is 0 Å². The van der Waals surface area contributed by atoms with Crippen LogP contribution < -0.4 is 0 Å². The fourth-order valence-corrected chi connectivity index (χ4v) is 17.2. The number of hydrogen-bond acceptors (Lipinski definition) is 8. The van der Waals surface area contributed by atoms with E-state index in [1.165, 1.54) is 52.8 Å². The van der Waals surface area contributed by atoms with Crippen LogP contribution >= 0.6 is 11.3 Å². The number of fused-ring (bicyclic) bond motifs is 12. The van der Waals surface area contributed by atoms with Crippen LogP contribution in [0.3, 0.4) is 0 Å². The topological polar surface area (TPSA) is 100 Å². The summed E-state index contributed by atoms with van der Waals surface area (Å²) in [4.78, 5) is 31.0. The molecule has 0 saturated heterocycles. The fourth-order valence-electron chi connectivity index (χ4n) is 16.0. The van der Waals surface area contributed by atoms with Crippen molar-refractivity contribution in [2.24, 2.45) is 0 Å². The van der Waals surface area contributed by atoms with Gasteiger partial charge in [0.1, 0.15) is 11.2 Å². The number of nitrogens with zero attached hydrogens (tertiary/aromatic N) is 8. The van der Waals surface area contributed by atoms with Crippen LogP contribution in [0, 0.1) is 0 Å². The second-order valence-corrected chi connectivity index (χ2v) is 29.1. The zero-order chi connectivity index (χ0) is 74.0. The zero-order valence-corrected chi connectivity index (χ0v) is 61.2. The third-order valence-corrected chi connectivity index (χ3v) is 22.5. The number of hydrogen-bond donors (Lipinski definition) is 0. The molecule has 0 radical (unpaired) electrons. The van der Waals surface area contributed by atoms with E-state index in [9.17, 15) is 0 Å². The lowest BCUT2D eigenvalue weighted by Gasteiger charge is -2.17. The highest BCUT2D eigenvalue weighted by Gasteiger charge is 2.25. The van der Waals surface area contributed by atoms with Gasteiger partial charge in [-0.25, -0.2) is 29.9 Å². The molecule has 16 aromatic carbocycles. The van der Waals surface area contributed by atoms with Crippen molar-refractivity contribution in [3.8, 4) is 124 Å². The Morgan fingerprint density at radius 3 is 1.04 bits per heavy atom. The second-order valence-electron chi connectivity index (χ2n) is 28.0.